The Kier molecular flexibility index (Phi) is 4.08. The third-order valence-corrected chi connectivity index (χ3v) is 5.61. The summed E-state index contributed by atoms with van der Waals surface area (Å²) in [6.07, 6.45) is 1.47. The van der Waals surface area contributed by atoms with Crippen molar-refractivity contribution in [3.8, 4) is 0 Å². The molecule has 2 aromatic heterocycles. The number of thiophene rings is 1. The topological polar surface area (TPSA) is 58.4 Å². The summed E-state index contributed by atoms with van der Waals surface area (Å²) in [7, 11) is 0. The first-order valence-corrected chi connectivity index (χ1v) is 9.04. The van der Waals surface area contributed by atoms with Crippen molar-refractivity contribution in [1.29, 1.82) is 0 Å². The van der Waals surface area contributed by atoms with E-state index in [1.807, 2.05) is 39.8 Å². The van der Waals surface area contributed by atoms with E-state index in [0.717, 1.165) is 24.0 Å². The molecule has 1 fully saturated rings. The summed E-state index contributed by atoms with van der Waals surface area (Å²) in [5.74, 6) is 0.781. The quantitative estimate of drug-likeness (QED) is 0.776. The number of carbonyl (C=O) groups is 1. The summed E-state index contributed by atoms with van der Waals surface area (Å²) >= 11 is 1.71. The second kappa shape index (κ2) is 6.37. The normalized spacial score (nSPS) is 17.2. The van der Waals surface area contributed by atoms with Crippen LogP contribution in [0.4, 0.5) is 0 Å². The Labute approximate surface area is 144 Å². The minimum Gasteiger partial charge on any atom is -0.388 e. The molecule has 1 N–H and O–H groups in total. The maximum atomic E-state index is 12.6. The summed E-state index contributed by atoms with van der Waals surface area (Å²) < 4.78 is 1.95. The Morgan fingerprint density at radius 2 is 2.17 bits per heavy atom. The molecule has 0 bridgehead atoms. The number of carbonyl (C=O) groups excluding carboxylic acids is 1. The van der Waals surface area contributed by atoms with Crippen LogP contribution in [0, 0.1) is 0 Å². The molecule has 0 radical (unpaired) electrons. The van der Waals surface area contributed by atoms with Crippen molar-refractivity contribution in [2.75, 3.05) is 6.54 Å². The van der Waals surface area contributed by atoms with Crippen LogP contribution in [0.15, 0.2) is 41.8 Å². The van der Waals surface area contributed by atoms with Crippen molar-refractivity contribution in [1.82, 2.24) is 14.5 Å². The molecule has 1 atom stereocenters. The summed E-state index contributed by atoms with van der Waals surface area (Å²) in [5.41, 5.74) is 1.82. The van der Waals surface area contributed by atoms with E-state index in [1.54, 1.807) is 11.3 Å². The molecule has 1 aliphatic rings. The Morgan fingerprint density at radius 1 is 1.29 bits per heavy atom. The molecular weight excluding hydrogens is 322 g/mol. The average molecular weight is 341 g/mol. The van der Waals surface area contributed by atoms with Crippen molar-refractivity contribution in [2.24, 2.45) is 0 Å². The summed E-state index contributed by atoms with van der Waals surface area (Å²) in [6.45, 7) is 1.26. The number of likely N-dealkylation sites (tertiary alicyclic amines) is 1. The number of aliphatic hydroxyl groups is 1. The van der Waals surface area contributed by atoms with Gasteiger partial charge < -0.3 is 14.6 Å². The highest BCUT2D eigenvalue weighted by Crippen LogP contribution is 2.36. The Hall–Kier alpha value is -2.18. The molecule has 0 saturated carbocycles. The van der Waals surface area contributed by atoms with Crippen LogP contribution >= 0.6 is 11.3 Å². The molecule has 3 aromatic rings. The van der Waals surface area contributed by atoms with Gasteiger partial charge in [-0.1, -0.05) is 18.2 Å². The highest BCUT2D eigenvalue weighted by atomic mass is 32.1. The fourth-order valence-corrected chi connectivity index (χ4v) is 4.18. The molecule has 0 aliphatic carbocycles. The first-order valence-electron chi connectivity index (χ1n) is 8.16. The van der Waals surface area contributed by atoms with Gasteiger partial charge in [0.05, 0.1) is 17.1 Å². The van der Waals surface area contributed by atoms with E-state index < -0.39 is 0 Å². The van der Waals surface area contributed by atoms with Crippen LogP contribution in [-0.2, 0) is 17.9 Å². The zero-order valence-electron chi connectivity index (χ0n) is 13.3. The van der Waals surface area contributed by atoms with Gasteiger partial charge in [-0.15, -0.1) is 11.3 Å². The van der Waals surface area contributed by atoms with Crippen LogP contribution in [0.1, 0.15) is 29.6 Å². The highest BCUT2D eigenvalue weighted by Gasteiger charge is 2.33. The van der Waals surface area contributed by atoms with E-state index in [9.17, 15) is 9.90 Å². The Bertz CT molecular complexity index is 856. The van der Waals surface area contributed by atoms with E-state index >= 15 is 0 Å². The smallest absolute Gasteiger partial charge is 0.224 e. The molecule has 1 amide bonds. The largest absolute Gasteiger partial charge is 0.388 e. The third kappa shape index (κ3) is 2.61. The number of aryl methyl sites for hydroxylation is 1. The van der Waals surface area contributed by atoms with Gasteiger partial charge in [0.25, 0.3) is 0 Å². The van der Waals surface area contributed by atoms with Gasteiger partial charge in [0.15, 0.2) is 0 Å². The highest BCUT2D eigenvalue weighted by molar-refractivity contribution is 7.10. The summed E-state index contributed by atoms with van der Waals surface area (Å²) in [5, 5.41) is 11.6. The molecule has 1 aromatic carbocycles. The van der Waals surface area contributed by atoms with Gasteiger partial charge in [0.1, 0.15) is 12.4 Å². The van der Waals surface area contributed by atoms with Gasteiger partial charge in [0, 0.05) is 24.4 Å². The van der Waals surface area contributed by atoms with Gasteiger partial charge in [0.2, 0.25) is 5.91 Å². The molecule has 124 valence electrons. The van der Waals surface area contributed by atoms with Crippen molar-refractivity contribution in [2.45, 2.75) is 32.0 Å². The molecule has 24 heavy (non-hydrogen) atoms. The van der Waals surface area contributed by atoms with Crippen LogP contribution in [0.25, 0.3) is 11.0 Å². The number of para-hydroxylation sites is 2. The lowest BCUT2D eigenvalue weighted by molar-refractivity contribution is -0.139. The lowest BCUT2D eigenvalue weighted by Crippen LogP contribution is -2.45. The number of amides is 1. The molecule has 0 spiro atoms. The molecule has 4 rings (SSSR count). The predicted octanol–water partition coefficient (Wildman–Crippen LogP) is 2.95. The number of benzene rings is 1. The molecular formula is C18H19N3O2S. The zero-order valence-corrected chi connectivity index (χ0v) is 14.1. The Morgan fingerprint density at radius 3 is 2.88 bits per heavy atom. The standard InChI is InChI=1S/C18H19N3O2S/c22-12-17-19-13-4-1-2-5-14(13)20(17)10-8-18(23)21-9-7-15(21)16-6-3-11-24-16/h1-6,11,15,22H,7-10,12H2. The number of fused-ring (bicyclic) bond motifs is 1. The molecule has 3 heterocycles. The minimum atomic E-state index is -0.121. The maximum absolute atomic E-state index is 12.6. The lowest BCUT2D eigenvalue weighted by atomic mass is 10.0. The van der Waals surface area contributed by atoms with Crippen LogP contribution < -0.4 is 0 Å². The van der Waals surface area contributed by atoms with Crippen LogP contribution in [0.3, 0.4) is 0 Å². The van der Waals surface area contributed by atoms with Crippen LogP contribution in [-0.4, -0.2) is 32.0 Å². The van der Waals surface area contributed by atoms with Gasteiger partial charge in [-0.3, -0.25) is 4.79 Å². The molecule has 6 heteroatoms. The molecule has 5 nitrogen and oxygen atoms in total. The minimum absolute atomic E-state index is 0.121. The molecule has 1 aliphatic heterocycles. The van der Waals surface area contributed by atoms with E-state index in [2.05, 4.69) is 16.4 Å². The SMILES string of the molecule is O=C(CCn1c(CO)nc2ccccc21)N1CCC1c1cccs1. The van der Waals surface area contributed by atoms with E-state index in [1.165, 1.54) is 4.88 Å². The van der Waals surface area contributed by atoms with Crippen molar-refractivity contribution >= 4 is 28.3 Å². The number of aromatic nitrogens is 2. The number of hydrogen-bond acceptors (Lipinski definition) is 4. The second-order valence-corrected chi connectivity index (χ2v) is 6.96. The van der Waals surface area contributed by atoms with Crippen LogP contribution in [0.2, 0.25) is 0 Å². The van der Waals surface area contributed by atoms with Crippen molar-refractivity contribution in [3.63, 3.8) is 0 Å². The number of imidazole rings is 1. The van der Waals surface area contributed by atoms with Crippen molar-refractivity contribution in [3.05, 3.63) is 52.5 Å². The lowest BCUT2D eigenvalue weighted by Gasteiger charge is -2.40. The van der Waals surface area contributed by atoms with Crippen molar-refractivity contribution < 1.29 is 9.90 Å². The fraction of sp³-hybridized carbons (Fsp3) is 0.333. The van der Waals surface area contributed by atoms with Gasteiger partial charge in [-0.05, 0) is 30.0 Å². The maximum Gasteiger partial charge on any atom is 0.224 e. The van der Waals surface area contributed by atoms with Gasteiger partial charge in [-0.2, -0.15) is 0 Å². The third-order valence-electron chi connectivity index (χ3n) is 4.64. The average Bonchev–Trinajstić information content (AvgIpc) is 3.19. The fourth-order valence-electron chi connectivity index (χ4n) is 3.31. The first kappa shape index (κ1) is 15.4. The summed E-state index contributed by atoms with van der Waals surface area (Å²) in [4.78, 5) is 20.3. The predicted molar refractivity (Wildman–Crippen MR) is 93.7 cm³/mol. The van der Waals surface area contributed by atoms with E-state index in [-0.39, 0.29) is 18.6 Å². The van der Waals surface area contributed by atoms with E-state index in [0.29, 0.717) is 18.8 Å². The van der Waals surface area contributed by atoms with Gasteiger partial charge in [-0.25, -0.2) is 4.98 Å². The molecule has 1 saturated heterocycles. The molecule has 1 unspecified atom stereocenters. The number of hydrogen-bond donors (Lipinski definition) is 1. The van der Waals surface area contributed by atoms with Gasteiger partial charge >= 0.3 is 0 Å². The number of nitrogens with zero attached hydrogens (tertiary/aromatic N) is 3. The van der Waals surface area contributed by atoms with Crippen LogP contribution in [0.5, 0.6) is 0 Å². The number of aliphatic hydroxyl groups excluding tert-OH is 1. The Balaban J connectivity index is 1.48. The first-order chi connectivity index (χ1) is 11.8. The second-order valence-electron chi connectivity index (χ2n) is 5.98. The zero-order chi connectivity index (χ0) is 16.5. The monoisotopic (exact) mass is 341 g/mol. The number of rotatable bonds is 5. The van der Waals surface area contributed by atoms with E-state index in [4.69, 9.17) is 0 Å². The summed E-state index contributed by atoms with van der Waals surface area (Å²) in [6, 6.07) is 12.2.